The van der Waals surface area contributed by atoms with Crippen LogP contribution >= 0.6 is 0 Å². The smallest absolute Gasteiger partial charge is 0.236 e. The zero-order chi connectivity index (χ0) is 16.4. The van der Waals surface area contributed by atoms with Crippen LogP contribution in [0.4, 0.5) is 0 Å². The van der Waals surface area contributed by atoms with Crippen LogP contribution in [0.5, 0.6) is 0 Å². The molecule has 1 amide bonds. The van der Waals surface area contributed by atoms with Crippen molar-refractivity contribution < 1.29 is 14.6 Å². The van der Waals surface area contributed by atoms with Gasteiger partial charge in [0.2, 0.25) is 5.91 Å². The topological polar surface area (TPSA) is 70.6 Å². The monoisotopic (exact) mass is 302 g/mol. The van der Waals surface area contributed by atoms with Crippen LogP contribution < -0.4 is 10.6 Å². The summed E-state index contributed by atoms with van der Waals surface area (Å²) in [6.45, 7) is 13.5. The molecular weight excluding hydrogens is 268 g/mol. The molecule has 0 spiro atoms. The molecule has 0 bridgehead atoms. The standard InChI is InChI=1S/C16H34N2O3/c1-11(2)7-13(5)21-10-15(19)9-17-14(6)16(20)18-8-12(3)4/h11-15,17,19H,7-10H2,1-6H3,(H,18,20). The number of hydrogen-bond acceptors (Lipinski definition) is 4. The van der Waals surface area contributed by atoms with E-state index in [0.717, 1.165) is 6.42 Å². The summed E-state index contributed by atoms with van der Waals surface area (Å²) >= 11 is 0. The third-order valence-electron chi connectivity index (χ3n) is 3.11. The van der Waals surface area contributed by atoms with Gasteiger partial charge in [-0.15, -0.1) is 0 Å². The second-order valence-corrected chi connectivity index (χ2v) is 6.70. The quantitative estimate of drug-likeness (QED) is 0.541. The minimum absolute atomic E-state index is 0.0370. The lowest BCUT2D eigenvalue weighted by Gasteiger charge is -2.20. The molecule has 3 N–H and O–H groups in total. The Morgan fingerprint density at radius 2 is 1.67 bits per heavy atom. The Hall–Kier alpha value is -0.650. The fourth-order valence-corrected chi connectivity index (χ4v) is 1.93. The van der Waals surface area contributed by atoms with E-state index in [-0.39, 0.29) is 18.1 Å². The lowest BCUT2D eigenvalue weighted by Crippen LogP contribution is -2.46. The molecule has 3 unspecified atom stereocenters. The lowest BCUT2D eigenvalue weighted by atomic mass is 10.1. The van der Waals surface area contributed by atoms with Gasteiger partial charge < -0.3 is 20.5 Å². The molecule has 0 fully saturated rings. The first-order valence-corrected chi connectivity index (χ1v) is 8.03. The summed E-state index contributed by atoms with van der Waals surface area (Å²) in [6, 6.07) is -0.313. The Morgan fingerprint density at radius 1 is 1.05 bits per heavy atom. The number of nitrogens with one attached hydrogen (secondary N) is 2. The molecule has 0 aromatic carbocycles. The van der Waals surface area contributed by atoms with Gasteiger partial charge in [-0.05, 0) is 32.1 Å². The van der Waals surface area contributed by atoms with Crippen molar-refractivity contribution in [2.75, 3.05) is 19.7 Å². The van der Waals surface area contributed by atoms with Crippen molar-refractivity contribution >= 4 is 5.91 Å². The number of amides is 1. The molecule has 0 radical (unpaired) electrons. The maximum atomic E-state index is 11.8. The first kappa shape index (κ1) is 20.3. The summed E-state index contributed by atoms with van der Waals surface area (Å²) < 4.78 is 5.60. The second kappa shape index (κ2) is 11.0. The maximum Gasteiger partial charge on any atom is 0.236 e. The average Bonchev–Trinajstić information content (AvgIpc) is 2.38. The van der Waals surface area contributed by atoms with Crippen molar-refractivity contribution in [3.8, 4) is 0 Å². The predicted molar refractivity (Wildman–Crippen MR) is 86.2 cm³/mol. The van der Waals surface area contributed by atoms with Gasteiger partial charge in [-0.25, -0.2) is 0 Å². The molecule has 0 saturated heterocycles. The minimum atomic E-state index is -0.597. The van der Waals surface area contributed by atoms with Gasteiger partial charge in [-0.3, -0.25) is 4.79 Å². The van der Waals surface area contributed by atoms with Crippen LogP contribution in [-0.2, 0) is 9.53 Å². The Labute approximate surface area is 129 Å². The molecule has 0 aliphatic rings. The molecule has 0 rings (SSSR count). The summed E-state index contributed by atoms with van der Waals surface area (Å²) in [6.07, 6.45) is 0.528. The highest BCUT2D eigenvalue weighted by Crippen LogP contribution is 2.07. The fraction of sp³-hybridized carbons (Fsp3) is 0.938. The van der Waals surface area contributed by atoms with Crippen LogP contribution in [0.1, 0.15) is 48.0 Å². The van der Waals surface area contributed by atoms with E-state index in [2.05, 4.69) is 38.3 Å². The normalized spacial score (nSPS) is 16.0. The Balaban J connectivity index is 3.81. The van der Waals surface area contributed by atoms with Crippen LogP contribution in [0.15, 0.2) is 0 Å². The highest BCUT2D eigenvalue weighted by Gasteiger charge is 2.15. The summed E-state index contributed by atoms with van der Waals surface area (Å²) in [5.74, 6) is 0.979. The molecule has 3 atom stereocenters. The molecular formula is C16H34N2O3. The number of carbonyl (C=O) groups excluding carboxylic acids is 1. The van der Waals surface area contributed by atoms with Crippen LogP contribution in [-0.4, -0.2) is 49.0 Å². The maximum absolute atomic E-state index is 11.8. The van der Waals surface area contributed by atoms with Crippen molar-refractivity contribution in [1.82, 2.24) is 10.6 Å². The number of rotatable bonds is 11. The largest absolute Gasteiger partial charge is 0.389 e. The molecule has 0 aliphatic carbocycles. The predicted octanol–water partition coefficient (Wildman–Crippen LogP) is 1.55. The SMILES string of the molecule is CC(C)CNC(=O)C(C)NCC(O)COC(C)CC(C)C. The van der Waals surface area contributed by atoms with E-state index in [1.807, 2.05) is 6.92 Å². The molecule has 0 aliphatic heterocycles. The third kappa shape index (κ3) is 11.7. The molecule has 0 aromatic rings. The molecule has 5 nitrogen and oxygen atoms in total. The zero-order valence-corrected chi connectivity index (χ0v) is 14.5. The summed E-state index contributed by atoms with van der Waals surface area (Å²) in [7, 11) is 0. The summed E-state index contributed by atoms with van der Waals surface area (Å²) in [5.41, 5.74) is 0. The van der Waals surface area contributed by atoms with Gasteiger partial charge in [-0.1, -0.05) is 27.7 Å². The van der Waals surface area contributed by atoms with Gasteiger partial charge in [0.1, 0.15) is 0 Å². The van der Waals surface area contributed by atoms with E-state index in [1.54, 1.807) is 6.92 Å². The van der Waals surface area contributed by atoms with E-state index in [9.17, 15) is 9.90 Å². The summed E-state index contributed by atoms with van der Waals surface area (Å²) in [5, 5.41) is 15.8. The van der Waals surface area contributed by atoms with Gasteiger partial charge in [0, 0.05) is 13.1 Å². The van der Waals surface area contributed by atoms with Crippen LogP contribution in [0.2, 0.25) is 0 Å². The number of hydrogen-bond donors (Lipinski definition) is 3. The fourth-order valence-electron chi connectivity index (χ4n) is 1.93. The molecule has 21 heavy (non-hydrogen) atoms. The highest BCUT2D eigenvalue weighted by atomic mass is 16.5. The number of carbonyl (C=O) groups is 1. The van der Waals surface area contributed by atoms with E-state index in [4.69, 9.17) is 4.74 Å². The van der Waals surface area contributed by atoms with Crippen LogP contribution in [0.3, 0.4) is 0 Å². The van der Waals surface area contributed by atoms with Crippen molar-refractivity contribution in [1.29, 1.82) is 0 Å². The van der Waals surface area contributed by atoms with Gasteiger partial charge in [0.05, 0.1) is 24.9 Å². The Morgan fingerprint density at radius 3 is 2.19 bits per heavy atom. The second-order valence-electron chi connectivity index (χ2n) is 6.70. The summed E-state index contributed by atoms with van der Waals surface area (Å²) in [4.78, 5) is 11.8. The number of ether oxygens (including phenoxy) is 1. The van der Waals surface area contributed by atoms with E-state index in [0.29, 0.717) is 31.5 Å². The highest BCUT2D eigenvalue weighted by molar-refractivity contribution is 5.81. The van der Waals surface area contributed by atoms with Crippen LogP contribution in [0, 0.1) is 11.8 Å². The molecule has 0 saturated carbocycles. The number of aliphatic hydroxyl groups excluding tert-OH is 1. The van der Waals surface area contributed by atoms with Gasteiger partial charge in [-0.2, -0.15) is 0 Å². The first-order valence-electron chi connectivity index (χ1n) is 8.03. The minimum Gasteiger partial charge on any atom is -0.389 e. The Kier molecular flexibility index (Phi) is 10.6. The first-order chi connectivity index (χ1) is 9.72. The molecule has 0 aromatic heterocycles. The number of aliphatic hydroxyl groups is 1. The van der Waals surface area contributed by atoms with Gasteiger partial charge in [0.25, 0.3) is 0 Å². The van der Waals surface area contributed by atoms with E-state index in [1.165, 1.54) is 0 Å². The average molecular weight is 302 g/mol. The lowest BCUT2D eigenvalue weighted by molar-refractivity contribution is -0.123. The van der Waals surface area contributed by atoms with Gasteiger partial charge >= 0.3 is 0 Å². The molecule has 0 heterocycles. The van der Waals surface area contributed by atoms with Crippen molar-refractivity contribution in [3.63, 3.8) is 0 Å². The van der Waals surface area contributed by atoms with Crippen molar-refractivity contribution in [3.05, 3.63) is 0 Å². The van der Waals surface area contributed by atoms with Crippen molar-refractivity contribution in [2.24, 2.45) is 11.8 Å². The zero-order valence-electron chi connectivity index (χ0n) is 14.5. The molecule has 126 valence electrons. The Bertz CT molecular complexity index is 283. The van der Waals surface area contributed by atoms with Crippen LogP contribution in [0.25, 0.3) is 0 Å². The van der Waals surface area contributed by atoms with Crippen molar-refractivity contribution in [2.45, 2.75) is 66.2 Å². The molecule has 5 heteroatoms. The van der Waals surface area contributed by atoms with E-state index < -0.39 is 6.10 Å². The van der Waals surface area contributed by atoms with Gasteiger partial charge in [0.15, 0.2) is 0 Å². The third-order valence-corrected chi connectivity index (χ3v) is 3.11. The van der Waals surface area contributed by atoms with E-state index >= 15 is 0 Å².